The van der Waals surface area contributed by atoms with Gasteiger partial charge in [-0.05, 0) is 30.9 Å². The van der Waals surface area contributed by atoms with Crippen molar-refractivity contribution in [2.24, 2.45) is 5.92 Å². The number of Topliss-reactive ketones (excluding diaryl/α,β-unsaturated/α-hetero) is 1. The van der Waals surface area contributed by atoms with Crippen LogP contribution >= 0.6 is 0 Å². The smallest absolute Gasteiger partial charge is 0.445 e. The number of hydrogen-bond donors (Lipinski definition) is 5. The number of benzene rings is 1. The molecule has 2 heterocycles. The van der Waals surface area contributed by atoms with Crippen molar-refractivity contribution >= 4 is 35.5 Å². The first-order valence-corrected chi connectivity index (χ1v) is 15.2. The maximum absolute atomic E-state index is 13.2. The van der Waals surface area contributed by atoms with Crippen LogP contribution in [0.2, 0.25) is 0 Å². The van der Waals surface area contributed by atoms with Gasteiger partial charge >= 0.3 is 12.5 Å². The minimum Gasteiger partial charge on any atom is -0.445 e. The van der Waals surface area contributed by atoms with Gasteiger partial charge in [-0.25, -0.2) is 9.78 Å². The fourth-order valence-corrected chi connectivity index (χ4v) is 4.62. The van der Waals surface area contributed by atoms with Crippen LogP contribution in [-0.2, 0) is 41.7 Å². The fourth-order valence-electron chi connectivity index (χ4n) is 4.62. The molecule has 0 unspecified atom stereocenters. The number of ether oxygens (including phenoxy) is 2. The normalized spacial score (nSPS) is 15.3. The zero-order valence-electron chi connectivity index (χ0n) is 26.1. The molecule has 1 fully saturated rings. The Hall–Kier alpha value is -5.22. The number of aromatic nitrogens is 1. The minimum atomic E-state index is -5.02. The summed E-state index contributed by atoms with van der Waals surface area (Å²) in [5.41, 5.74) is 0.571. The largest absolute Gasteiger partial charge is 0.574 e. The molecule has 1 aromatic carbocycles. The molecule has 5 N–H and O–H groups in total. The highest BCUT2D eigenvalue weighted by Crippen LogP contribution is 2.21. The lowest BCUT2D eigenvalue weighted by Gasteiger charge is -2.21. The van der Waals surface area contributed by atoms with Crippen molar-refractivity contribution in [3.05, 3.63) is 59.8 Å². The standard InChI is InChI=1S/C31H37F3N6O8/c1-2-3-13-35-29(45)26(42)22(15-20-12-14-36-27(20)43)39-24(41)17-37-28(44)23(40-30(46)47-18-19-8-5-4-6-9-19)16-21-10-7-11-25(38-21)48-31(32,33)34/h4-11,20,22-23H,2-3,12-18H2,1H3,(H,35,45)(H,36,43)(H,37,44)(H,39,41)(H,40,46)/t20-,22-,23-/m0/s1. The number of carbonyl (C=O) groups is 6. The van der Waals surface area contributed by atoms with Gasteiger partial charge in [0.25, 0.3) is 5.91 Å². The second kappa shape index (κ2) is 18.2. The number of nitrogens with zero attached hydrogens (tertiary/aromatic N) is 1. The first-order chi connectivity index (χ1) is 22.8. The molecule has 0 bridgehead atoms. The molecule has 1 saturated heterocycles. The van der Waals surface area contributed by atoms with E-state index in [0.717, 1.165) is 12.5 Å². The molecule has 1 aliphatic rings. The number of carbonyl (C=O) groups excluding carboxylic acids is 6. The maximum atomic E-state index is 13.2. The van der Waals surface area contributed by atoms with Crippen LogP contribution in [0.15, 0.2) is 48.5 Å². The molecule has 0 radical (unpaired) electrons. The fraction of sp³-hybridized carbons (Fsp3) is 0.452. The molecule has 5 amide bonds. The molecule has 2 aromatic rings. The lowest BCUT2D eigenvalue weighted by atomic mass is 9.95. The minimum absolute atomic E-state index is 0.0701. The third-order valence-electron chi connectivity index (χ3n) is 7.03. The van der Waals surface area contributed by atoms with Gasteiger partial charge in [0, 0.05) is 37.2 Å². The summed E-state index contributed by atoms with van der Waals surface area (Å²) in [7, 11) is 0. The van der Waals surface area contributed by atoms with E-state index in [1.54, 1.807) is 30.3 Å². The van der Waals surface area contributed by atoms with E-state index in [4.69, 9.17) is 4.74 Å². The number of alkyl halides is 3. The monoisotopic (exact) mass is 678 g/mol. The average molecular weight is 679 g/mol. The third-order valence-corrected chi connectivity index (χ3v) is 7.03. The highest BCUT2D eigenvalue weighted by Gasteiger charge is 2.35. The molecule has 0 aliphatic carbocycles. The molecular formula is C31H37F3N6O8. The first kappa shape index (κ1) is 37.2. The van der Waals surface area contributed by atoms with Crippen LogP contribution in [0, 0.1) is 5.92 Å². The predicted molar refractivity (Wildman–Crippen MR) is 162 cm³/mol. The van der Waals surface area contributed by atoms with Crippen molar-refractivity contribution in [1.29, 1.82) is 0 Å². The highest BCUT2D eigenvalue weighted by molar-refractivity contribution is 6.38. The Morgan fingerprint density at radius 2 is 1.75 bits per heavy atom. The predicted octanol–water partition coefficient (Wildman–Crippen LogP) is 1.43. The molecule has 1 aliphatic heterocycles. The third kappa shape index (κ3) is 12.9. The number of rotatable bonds is 17. The Labute approximate surface area is 273 Å². The van der Waals surface area contributed by atoms with Crippen LogP contribution in [0.5, 0.6) is 5.88 Å². The van der Waals surface area contributed by atoms with E-state index in [-0.39, 0.29) is 31.2 Å². The lowest BCUT2D eigenvalue weighted by Crippen LogP contribution is -2.53. The first-order valence-electron chi connectivity index (χ1n) is 15.2. The van der Waals surface area contributed by atoms with E-state index >= 15 is 0 Å². The summed E-state index contributed by atoms with van der Waals surface area (Å²) < 4.78 is 47.2. The summed E-state index contributed by atoms with van der Waals surface area (Å²) in [6, 6.07) is 9.19. The number of ketones is 1. The van der Waals surface area contributed by atoms with Crippen LogP contribution in [0.4, 0.5) is 18.0 Å². The number of alkyl carbamates (subject to hydrolysis) is 1. The summed E-state index contributed by atoms with van der Waals surface area (Å²) in [4.78, 5) is 79.9. The topological polar surface area (TPSA) is 194 Å². The molecule has 3 atom stereocenters. The van der Waals surface area contributed by atoms with Crippen LogP contribution in [-0.4, -0.2) is 78.6 Å². The van der Waals surface area contributed by atoms with Gasteiger partial charge in [0.1, 0.15) is 12.6 Å². The van der Waals surface area contributed by atoms with Crippen LogP contribution < -0.4 is 31.3 Å². The summed E-state index contributed by atoms with van der Waals surface area (Å²) in [6.07, 6.45) is -4.86. The highest BCUT2D eigenvalue weighted by atomic mass is 19.4. The van der Waals surface area contributed by atoms with E-state index in [1.165, 1.54) is 12.1 Å². The molecule has 3 rings (SSSR count). The van der Waals surface area contributed by atoms with E-state index in [1.807, 2.05) is 6.92 Å². The van der Waals surface area contributed by atoms with Gasteiger partial charge in [-0.3, -0.25) is 24.0 Å². The Balaban J connectivity index is 1.68. The summed E-state index contributed by atoms with van der Waals surface area (Å²) >= 11 is 0. The molecule has 1 aromatic heterocycles. The van der Waals surface area contributed by atoms with Gasteiger partial charge in [-0.1, -0.05) is 49.7 Å². The van der Waals surface area contributed by atoms with Crippen molar-refractivity contribution in [3.8, 4) is 5.88 Å². The molecule has 17 heteroatoms. The number of hydrogen-bond acceptors (Lipinski definition) is 9. The zero-order valence-corrected chi connectivity index (χ0v) is 26.1. The van der Waals surface area contributed by atoms with Crippen molar-refractivity contribution in [2.75, 3.05) is 19.6 Å². The molecule has 0 saturated carbocycles. The number of nitrogens with one attached hydrogen (secondary N) is 5. The van der Waals surface area contributed by atoms with Crippen LogP contribution in [0.3, 0.4) is 0 Å². The van der Waals surface area contributed by atoms with Gasteiger partial charge in [-0.15, -0.1) is 13.2 Å². The summed E-state index contributed by atoms with van der Waals surface area (Å²) in [6.45, 7) is 1.63. The maximum Gasteiger partial charge on any atom is 0.574 e. The molecule has 14 nitrogen and oxygen atoms in total. The number of amides is 5. The van der Waals surface area contributed by atoms with Crippen LogP contribution in [0.25, 0.3) is 0 Å². The van der Waals surface area contributed by atoms with Crippen molar-refractivity contribution in [2.45, 2.75) is 64.1 Å². The number of halogens is 3. The lowest BCUT2D eigenvalue weighted by molar-refractivity contribution is -0.276. The molecule has 0 spiro atoms. The van der Waals surface area contributed by atoms with Crippen molar-refractivity contribution < 1.29 is 51.4 Å². The Bertz CT molecular complexity index is 1440. The number of unbranched alkanes of at least 4 members (excludes halogenated alkanes) is 1. The quantitative estimate of drug-likeness (QED) is 0.122. The molecular weight excluding hydrogens is 641 g/mol. The Kier molecular flexibility index (Phi) is 14.1. The van der Waals surface area contributed by atoms with E-state index in [9.17, 15) is 41.9 Å². The Morgan fingerprint density at radius 1 is 1.00 bits per heavy atom. The number of pyridine rings is 1. The van der Waals surface area contributed by atoms with E-state index in [0.29, 0.717) is 24.9 Å². The second-order valence-corrected chi connectivity index (χ2v) is 10.8. The van der Waals surface area contributed by atoms with Gasteiger partial charge in [0.05, 0.1) is 12.6 Å². The van der Waals surface area contributed by atoms with Gasteiger partial charge in [-0.2, -0.15) is 0 Å². The summed E-state index contributed by atoms with van der Waals surface area (Å²) in [5.74, 6) is -5.47. The van der Waals surface area contributed by atoms with Gasteiger partial charge in [0.2, 0.25) is 29.4 Å². The molecule has 260 valence electrons. The van der Waals surface area contributed by atoms with E-state index in [2.05, 4.69) is 36.3 Å². The van der Waals surface area contributed by atoms with Gasteiger partial charge in [0.15, 0.2) is 0 Å². The van der Waals surface area contributed by atoms with Crippen LogP contribution in [0.1, 0.15) is 43.9 Å². The zero-order chi connectivity index (χ0) is 35.1. The molecule has 48 heavy (non-hydrogen) atoms. The van der Waals surface area contributed by atoms with Crippen molar-refractivity contribution in [3.63, 3.8) is 0 Å². The average Bonchev–Trinajstić information content (AvgIpc) is 3.45. The summed E-state index contributed by atoms with van der Waals surface area (Å²) in [5, 5.41) is 12.1. The second-order valence-electron chi connectivity index (χ2n) is 10.8. The Morgan fingerprint density at radius 3 is 2.42 bits per heavy atom. The van der Waals surface area contributed by atoms with E-state index < -0.39 is 72.8 Å². The van der Waals surface area contributed by atoms with Gasteiger partial charge < -0.3 is 36.1 Å². The van der Waals surface area contributed by atoms with Crippen molar-refractivity contribution in [1.82, 2.24) is 31.6 Å². The SMILES string of the molecule is CCCCNC(=O)C(=O)[C@H](C[C@@H]1CCNC1=O)NC(=O)CNC(=O)[C@H](Cc1cccc(OC(F)(F)F)n1)NC(=O)OCc1ccccc1.